The maximum absolute atomic E-state index is 13.4. The third-order valence-electron chi connectivity index (χ3n) is 2.88. The van der Waals surface area contributed by atoms with Gasteiger partial charge in [-0.1, -0.05) is 12.1 Å². The minimum absolute atomic E-state index is 0.0928. The lowest BCUT2D eigenvalue weighted by molar-refractivity contribution is -0.117. The Hall–Kier alpha value is -2.87. The van der Waals surface area contributed by atoms with Crippen LogP contribution < -0.4 is 5.32 Å². The summed E-state index contributed by atoms with van der Waals surface area (Å²) in [6, 6.07) is 9.76. The summed E-state index contributed by atoms with van der Waals surface area (Å²) in [7, 11) is 0. The molecule has 5 heteroatoms. The van der Waals surface area contributed by atoms with Crippen LogP contribution in [-0.2, 0) is 11.3 Å². The van der Waals surface area contributed by atoms with Gasteiger partial charge in [0.2, 0.25) is 0 Å². The van der Waals surface area contributed by atoms with Crippen LogP contribution in [0.15, 0.2) is 46.6 Å². The zero-order chi connectivity index (χ0) is 15.2. The molecule has 0 fully saturated rings. The van der Waals surface area contributed by atoms with E-state index in [0.717, 1.165) is 0 Å². The van der Waals surface area contributed by atoms with Crippen LogP contribution in [0, 0.1) is 24.1 Å². The molecule has 1 aromatic heterocycles. The molecule has 4 nitrogen and oxygen atoms in total. The molecule has 1 amide bonds. The molecule has 0 radical (unpaired) electrons. The summed E-state index contributed by atoms with van der Waals surface area (Å²) in [5.74, 6) is -0.325. The Kier molecular flexibility index (Phi) is 4.52. The Bertz CT molecular complexity index is 712. The highest BCUT2D eigenvalue weighted by atomic mass is 19.1. The lowest BCUT2D eigenvalue weighted by Crippen LogP contribution is -2.23. The quantitative estimate of drug-likeness (QED) is 0.693. The van der Waals surface area contributed by atoms with Crippen molar-refractivity contribution in [2.24, 2.45) is 0 Å². The van der Waals surface area contributed by atoms with Crippen LogP contribution >= 0.6 is 0 Å². The number of carbonyl (C=O) groups excluding carboxylic acids is 1. The maximum Gasteiger partial charge on any atom is 0.262 e. The third-order valence-corrected chi connectivity index (χ3v) is 2.88. The normalized spacial score (nSPS) is 11.0. The number of furan rings is 1. The minimum atomic E-state index is -0.533. The fourth-order valence-electron chi connectivity index (χ4n) is 1.69. The SMILES string of the molecule is Cc1ccc(C=C(C#N)C(=O)NCc2ccco2)cc1F. The first-order chi connectivity index (χ1) is 10.1. The number of hydrogen-bond acceptors (Lipinski definition) is 3. The molecule has 0 unspecified atom stereocenters. The van der Waals surface area contributed by atoms with Crippen molar-refractivity contribution < 1.29 is 13.6 Å². The van der Waals surface area contributed by atoms with E-state index in [2.05, 4.69) is 5.32 Å². The van der Waals surface area contributed by atoms with Crippen molar-refractivity contribution >= 4 is 12.0 Å². The standard InChI is InChI=1S/C16H13FN2O2/c1-11-4-5-12(8-15(11)17)7-13(9-18)16(20)19-10-14-3-2-6-21-14/h2-8H,10H2,1H3,(H,19,20). The van der Waals surface area contributed by atoms with E-state index in [4.69, 9.17) is 9.68 Å². The van der Waals surface area contributed by atoms with E-state index in [0.29, 0.717) is 16.9 Å². The van der Waals surface area contributed by atoms with Gasteiger partial charge in [0, 0.05) is 0 Å². The largest absolute Gasteiger partial charge is 0.467 e. The molecule has 1 heterocycles. The summed E-state index contributed by atoms with van der Waals surface area (Å²) in [6.45, 7) is 1.83. The Morgan fingerprint density at radius 1 is 1.48 bits per heavy atom. The molecule has 106 valence electrons. The molecule has 0 atom stereocenters. The van der Waals surface area contributed by atoms with Crippen molar-refractivity contribution in [1.82, 2.24) is 5.32 Å². The van der Waals surface area contributed by atoms with Gasteiger partial charge in [0.1, 0.15) is 23.2 Å². The lowest BCUT2D eigenvalue weighted by atomic mass is 10.1. The van der Waals surface area contributed by atoms with E-state index in [1.165, 1.54) is 18.4 Å². The number of halogens is 1. The van der Waals surface area contributed by atoms with Crippen molar-refractivity contribution in [2.75, 3.05) is 0 Å². The van der Waals surface area contributed by atoms with Gasteiger partial charge in [-0.25, -0.2) is 4.39 Å². The second-order valence-corrected chi connectivity index (χ2v) is 4.44. The van der Waals surface area contributed by atoms with E-state index in [1.807, 2.05) is 6.07 Å². The van der Waals surface area contributed by atoms with Gasteiger partial charge in [0.05, 0.1) is 12.8 Å². The summed E-state index contributed by atoms with van der Waals surface area (Å²) in [4.78, 5) is 11.9. The number of nitrogens with one attached hydrogen (secondary N) is 1. The van der Waals surface area contributed by atoms with Crippen LogP contribution in [0.3, 0.4) is 0 Å². The molecule has 0 saturated heterocycles. The fourth-order valence-corrected chi connectivity index (χ4v) is 1.69. The number of nitriles is 1. The van der Waals surface area contributed by atoms with Crippen LogP contribution in [0.5, 0.6) is 0 Å². The first-order valence-corrected chi connectivity index (χ1v) is 6.28. The number of aryl methyl sites for hydroxylation is 1. The van der Waals surface area contributed by atoms with Crippen LogP contribution in [0.25, 0.3) is 6.08 Å². The fraction of sp³-hybridized carbons (Fsp3) is 0.125. The predicted molar refractivity (Wildman–Crippen MR) is 75.3 cm³/mol. The summed E-state index contributed by atoms with van der Waals surface area (Å²) < 4.78 is 18.5. The highest BCUT2D eigenvalue weighted by Crippen LogP contribution is 2.12. The van der Waals surface area contributed by atoms with Gasteiger partial charge in [-0.3, -0.25) is 4.79 Å². The Morgan fingerprint density at radius 3 is 2.90 bits per heavy atom. The lowest BCUT2D eigenvalue weighted by Gasteiger charge is -2.03. The number of benzene rings is 1. The van der Waals surface area contributed by atoms with E-state index in [-0.39, 0.29) is 17.9 Å². The summed E-state index contributed by atoms with van der Waals surface area (Å²) in [5, 5.41) is 11.6. The number of amides is 1. The molecule has 0 spiro atoms. The van der Waals surface area contributed by atoms with Crippen molar-refractivity contribution in [1.29, 1.82) is 5.26 Å². The third kappa shape index (κ3) is 3.80. The van der Waals surface area contributed by atoms with E-state index in [1.54, 1.807) is 31.2 Å². The Balaban J connectivity index is 2.10. The van der Waals surface area contributed by atoms with Gasteiger partial charge in [-0.2, -0.15) is 5.26 Å². The number of hydrogen-bond donors (Lipinski definition) is 1. The molecule has 21 heavy (non-hydrogen) atoms. The maximum atomic E-state index is 13.4. The minimum Gasteiger partial charge on any atom is -0.467 e. The molecular formula is C16H13FN2O2. The van der Waals surface area contributed by atoms with Crippen molar-refractivity contribution in [2.45, 2.75) is 13.5 Å². The first kappa shape index (κ1) is 14.5. The topological polar surface area (TPSA) is 66.0 Å². The van der Waals surface area contributed by atoms with Crippen molar-refractivity contribution in [3.05, 3.63) is 64.9 Å². The van der Waals surface area contributed by atoms with Gasteiger partial charge in [0.15, 0.2) is 0 Å². The Morgan fingerprint density at radius 2 is 2.29 bits per heavy atom. The molecule has 0 aliphatic heterocycles. The molecule has 0 aliphatic carbocycles. The van der Waals surface area contributed by atoms with Gasteiger partial charge < -0.3 is 9.73 Å². The second-order valence-electron chi connectivity index (χ2n) is 4.44. The average Bonchev–Trinajstić information content (AvgIpc) is 2.99. The van der Waals surface area contributed by atoms with Crippen LogP contribution in [0.2, 0.25) is 0 Å². The van der Waals surface area contributed by atoms with Gasteiger partial charge in [-0.05, 0) is 42.3 Å². The predicted octanol–water partition coefficient (Wildman–Crippen LogP) is 2.95. The summed E-state index contributed by atoms with van der Waals surface area (Å²) in [6.07, 6.45) is 2.84. The average molecular weight is 284 g/mol. The van der Waals surface area contributed by atoms with E-state index < -0.39 is 5.91 Å². The zero-order valence-electron chi connectivity index (χ0n) is 11.4. The zero-order valence-corrected chi connectivity index (χ0v) is 11.4. The van der Waals surface area contributed by atoms with E-state index >= 15 is 0 Å². The molecule has 2 rings (SSSR count). The Labute approximate surface area is 121 Å². The number of carbonyl (C=O) groups is 1. The molecular weight excluding hydrogens is 271 g/mol. The highest BCUT2D eigenvalue weighted by molar-refractivity contribution is 6.01. The molecule has 1 aromatic carbocycles. The van der Waals surface area contributed by atoms with Crippen LogP contribution in [-0.4, -0.2) is 5.91 Å². The number of nitrogens with zero attached hydrogens (tertiary/aromatic N) is 1. The monoisotopic (exact) mass is 284 g/mol. The first-order valence-electron chi connectivity index (χ1n) is 6.28. The van der Waals surface area contributed by atoms with Crippen molar-refractivity contribution in [3.63, 3.8) is 0 Å². The summed E-state index contributed by atoms with van der Waals surface area (Å²) in [5.41, 5.74) is 0.875. The van der Waals surface area contributed by atoms with Gasteiger partial charge >= 0.3 is 0 Å². The van der Waals surface area contributed by atoms with Crippen LogP contribution in [0.1, 0.15) is 16.9 Å². The van der Waals surface area contributed by atoms with Crippen molar-refractivity contribution in [3.8, 4) is 6.07 Å². The molecule has 2 aromatic rings. The van der Waals surface area contributed by atoms with Gasteiger partial charge in [-0.15, -0.1) is 0 Å². The van der Waals surface area contributed by atoms with Gasteiger partial charge in [0.25, 0.3) is 5.91 Å². The second kappa shape index (κ2) is 6.53. The molecule has 0 aliphatic rings. The number of rotatable bonds is 4. The summed E-state index contributed by atoms with van der Waals surface area (Å²) >= 11 is 0. The van der Waals surface area contributed by atoms with Crippen LogP contribution in [0.4, 0.5) is 4.39 Å². The molecule has 0 saturated carbocycles. The molecule has 1 N–H and O–H groups in total. The highest BCUT2D eigenvalue weighted by Gasteiger charge is 2.10. The smallest absolute Gasteiger partial charge is 0.262 e. The molecule has 0 bridgehead atoms. The van der Waals surface area contributed by atoms with E-state index in [9.17, 15) is 9.18 Å².